The molecule has 0 aromatic carbocycles. The standard InChI is InChI=1S/C11H17N5O2/c1-11(3-2-4-18-11)7-14-10(17)8-5-13-6-9(15-8)16-12/h5-6H,2-4,7,12H2,1H3,(H,14,17)(H,15,16). The van der Waals surface area contributed by atoms with E-state index in [1.165, 1.54) is 12.4 Å². The lowest BCUT2D eigenvalue weighted by molar-refractivity contribution is 0.0205. The lowest BCUT2D eigenvalue weighted by Crippen LogP contribution is -2.40. The van der Waals surface area contributed by atoms with Gasteiger partial charge in [0.25, 0.3) is 5.91 Å². The van der Waals surface area contributed by atoms with Crippen molar-refractivity contribution in [1.29, 1.82) is 0 Å². The molecule has 1 aromatic rings. The van der Waals surface area contributed by atoms with Crippen LogP contribution in [-0.4, -0.2) is 34.6 Å². The van der Waals surface area contributed by atoms with Crippen LogP contribution in [0.15, 0.2) is 12.4 Å². The van der Waals surface area contributed by atoms with Crippen molar-refractivity contribution < 1.29 is 9.53 Å². The van der Waals surface area contributed by atoms with Crippen LogP contribution in [-0.2, 0) is 4.74 Å². The number of nitrogens with zero attached hydrogens (tertiary/aromatic N) is 2. The van der Waals surface area contributed by atoms with E-state index in [1.807, 2.05) is 6.92 Å². The van der Waals surface area contributed by atoms with E-state index in [0.29, 0.717) is 12.4 Å². The number of nitrogens with one attached hydrogen (secondary N) is 2. The van der Waals surface area contributed by atoms with Gasteiger partial charge in [-0.1, -0.05) is 0 Å². The number of hydrogen-bond acceptors (Lipinski definition) is 6. The van der Waals surface area contributed by atoms with Gasteiger partial charge in [-0.3, -0.25) is 9.78 Å². The Balaban J connectivity index is 1.94. The summed E-state index contributed by atoms with van der Waals surface area (Å²) in [5.41, 5.74) is 2.31. The number of carbonyl (C=O) groups is 1. The van der Waals surface area contributed by atoms with Gasteiger partial charge in [-0.25, -0.2) is 10.8 Å². The second-order valence-corrected chi connectivity index (χ2v) is 4.52. The van der Waals surface area contributed by atoms with Crippen LogP contribution >= 0.6 is 0 Å². The largest absolute Gasteiger partial charge is 0.373 e. The molecule has 0 spiro atoms. The summed E-state index contributed by atoms with van der Waals surface area (Å²) in [7, 11) is 0. The summed E-state index contributed by atoms with van der Waals surface area (Å²) >= 11 is 0. The van der Waals surface area contributed by atoms with E-state index < -0.39 is 0 Å². The molecule has 2 rings (SSSR count). The minimum Gasteiger partial charge on any atom is -0.373 e. The van der Waals surface area contributed by atoms with Gasteiger partial charge < -0.3 is 15.5 Å². The molecular formula is C11H17N5O2. The first-order valence-corrected chi connectivity index (χ1v) is 5.84. The average Bonchev–Trinajstić information content (AvgIpc) is 2.83. The van der Waals surface area contributed by atoms with Gasteiger partial charge in [-0.2, -0.15) is 0 Å². The third kappa shape index (κ3) is 2.93. The zero-order valence-electron chi connectivity index (χ0n) is 10.3. The van der Waals surface area contributed by atoms with Crippen LogP contribution in [0.5, 0.6) is 0 Å². The highest BCUT2D eigenvalue weighted by Gasteiger charge is 2.30. The lowest BCUT2D eigenvalue weighted by atomic mass is 10.0. The van der Waals surface area contributed by atoms with Gasteiger partial charge >= 0.3 is 0 Å². The fourth-order valence-corrected chi connectivity index (χ4v) is 1.88. The molecule has 1 aromatic heterocycles. The summed E-state index contributed by atoms with van der Waals surface area (Å²) < 4.78 is 5.59. The van der Waals surface area contributed by atoms with E-state index in [-0.39, 0.29) is 17.2 Å². The van der Waals surface area contributed by atoms with Crippen molar-refractivity contribution in [2.75, 3.05) is 18.6 Å². The quantitative estimate of drug-likeness (QED) is 0.516. The molecule has 4 N–H and O–H groups in total. The van der Waals surface area contributed by atoms with E-state index in [1.54, 1.807) is 0 Å². The number of rotatable bonds is 4. The molecule has 1 fully saturated rings. The zero-order chi connectivity index (χ0) is 13.0. The van der Waals surface area contributed by atoms with Gasteiger partial charge in [0.2, 0.25) is 0 Å². The van der Waals surface area contributed by atoms with Gasteiger partial charge in [-0.15, -0.1) is 0 Å². The van der Waals surface area contributed by atoms with E-state index in [4.69, 9.17) is 10.6 Å². The number of aromatic nitrogens is 2. The van der Waals surface area contributed by atoms with Crippen LogP contribution in [0.25, 0.3) is 0 Å². The number of hydrazine groups is 1. The molecule has 2 heterocycles. The van der Waals surface area contributed by atoms with Gasteiger partial charge in [0.15, 0.2) is 5.82 Å². The number of hydrogen-bond donors (Lipinski definition) is 3. The maximum Gasteiger partial charge on any atom is 0.271 e. The van der Waals surface area contributed by atoms with Crippen LogP contribution in [0, 0.1) is 0 Å². The third-order valence-electron chi connectivity index (χ3n) is 2.94. The maximum absolute atomic E-state index is 11.9. The van der Waals surface area contributed by atoms with Gasteiger partial charge in [0.1, 0.15) is 5.69 Å². The van der Waals surface area contributed by atoms with Crippen molar-refractivity contribution in [3.8, 4) is 0 Å². The van der Waals surface area contributed by atoms with Gasteiger partial charge in [0.05, 0.1) is 18.0 Å². The van der Waals surface area contributed by atoms with Crippen molar-refractivity contribution in [3.63, 3.8) is 0 Å². The van der Waals surface area contributed by atoms with Crippen molar-refractivity contribution in [1.82, 2.24) is 15.3 Å². The molecule has 1 aliphatic heterocycles. The topological polar surface area (TPSA) is 102 Å². The van der Waals surface area contributed by atoms with E-state index in [0.717, 1.165) is 19.4 Å². The summed E-state index contributed by atoms with van der Waals surface area (Å²) in [4.78, 5) is 19.8. The first-order chi connectivity index (χ1) is 8.63. The molecule has 1 aliphatic rings. The number of carbonyl (C=O) groups excluding carboxylic acids is 1. The minimum absolute atomic E-state index is 0.229. The third-order valence-corrected chi connectivity index (χ3v) is 2.94. The molecule has 7 heteroatoms. The van der Waals surface area contributed by atoms with Crippen LogP contribution in [0.3, 0.4) is 0 Å². The Labute approximate surface area is 105 Å². The molecule has 98 valence electrons. The maximum atomic E-state index is 11.9. The monoisotopic (exact) mass is 251 g/mol. The highest BCUT2D eigenvalue weighted by Crippen LogP contribution is 2.23. The molecule has 1 atom stereocenters. The Morgan fingerprint density at radius 1 is 1.61 bits per heavy atom. The Bertz CT molecular complexity index is 431. The Morgan fingerprint density at radius 2 is 2.44 bits per heavy atom. The SMILES string of the molecule is CC1(CNC(=O)c2cncc(NN)n2)CCCO1. The van der Waals surface area contributed by atoms with Crippen LogP contribution < -0.4 is 16.6 Å². The normalized spacial score (nSPS) is 22.8. The van der Waals surface area contributed by atoms with E-state index >= 15 is 0 Å². The Hall–Kier alpha value is -1.73. The summed E-state index contributed by atoms with van der Waals surface area (Å²) in [6, 6.07) is 0. The smallest absolute Gasteiger partial charge is 0.271 e. The highest BCUT2D eigenvalue weighted by molar-refractivity contribution is 5.92. The summed E-state index contributed by atoms with van der Waals surface area (Å²) in [5.74, 6) is 5.28. The second kappa shape index (κ2) is 5.28. The van der Waals surface area contributed by atoms with Crippen LogP contribution in [0.2, 0.25) is 0 Å². The molecule has 0 bridgehead atoms. The molecule has 0 aliphatic carbocycles. The first-order valence-electron chi connectivity index (χ1n) is 5.84. The fraction of sp³-hybridized carbons (Fsp3) is 0.545. The highest BCUT2D eigenvalue weighted by atomic mass is 16.5. The van der Waals surface area contributed by atoms with Crippen molar-refractivity contribution in [2.24, 2.45) is 5.84 Å². The fourth-order valence-electron chi connectivity index (χ4n) is 1.88. The van der Waals surface area contributed by atoms with Gasteiger partial charge in [0, 0.05) is 13.2 Å². The van der Waals surface area contributed by atoms with E-state index in [9.17, 15) is 4.79 Å². The molecule has 1 unspecified atom stereocenters. The number of nitrogens with two attached hydrogens (primary N) is 1. The molecule has 1 amide bonds. The number of amides is 1. The lowest BCUT2D eigenvalue weighted by Gasteiger charge is -2.23. The second-order valence-electron chi connectivity index (χ2n) is 4.52. The molecule has 1 saturated heterocycles. The summed E-state index contributed by atoms with van der Waals surface area (Å²) in [6.07, 6.45) is 4.81. The van der Waals surface area contributed by atoms with Crippen molar-refractivity contribution in [3.05, 3.63) is 18.1 Å². The number of anilines is 1. The predicted octanol–water partition coefficient (Wildman–Crippen LogP) is 0.0611. The molecular weight excluding hydrogens is 234 g/mol. The van der Waals surface area contributed by atoms with Crippen molar-refractivity contribution >= 4 is 11.7 Å². The zero-order valence-corrected chi connectivity index (χ0v) is 10.3. The van der Waals surface area contributed by atoms with Gasteiger partial charge in [-0.05, 0) is 19.8 Å². The molecule has 7 nitrogen and oxygen atoms in total. The van der Waals surface area contributed by atoms with Crippen LogP contribution in [0.1, 0.15) is 30.3 Å². The van der Waals surface area contributed by atoms with E-state index in [2.05, 4.69) is 20.7 Å². The van der Waals surface area contributed by atoms with Crippen molar-refractivity contribution in [2.45, 2.75) is 25.4 Å². The summed E-state index contributed by atoms with van der Waals surface area (Å²) in [5, 5.41) is 2.80. The minimum atomic E-state index is -0.281. The van der Waals surface area contributed by atoms with Crippen LogP contribution in [0.4, 0.5) is 5.82 Å². The summed E-state index contributed by atoms with van der Waals surface area (Å²) in [6.45, 7) is 3.20. The first kappa shape index (κ1) is 12.7. The molecule has 18 heavy (non-hydrogen) atoms. The Morgan fingerprint density at radius 3 is 3.11 bits per heavy atom. The number of ether oxygens (including phenoxy) is 1. The average molecular weight is 251 g/mol. The Kier molecular flexibility index (Phi) is 3.73. The molecule has 0 saturated carbocycles. The predicted molar refractivity (Wildman–Crippen MR) is 65.8 cm³/mol. The number of nitrogen functional groups attached to an aromatic ring is 1. The molecule has 0 radical (unpaired) electrons.